The van der Waals surface area contributed by atoms with Crippen LogP contribution in [0.4, 0.5) is 5.82 Å². The van der Waals surface area contributed by atoms with E-state index in [9.17, 15) is 0 Å². The van der Waals surface area contributed by atoms with Crippen LogP contribution in [-0.2, 0) is 0 Å². The highest BCUT2D eigenvalue weighted by molar-refractivity contribution is 9.10. The molecule has 0 aromatic carbocycles. The molecule has 1 heterocycles. The Morgan fingerprint density at radius 1 is 1.53 bits per heavy atom. The monoisotopic (exact) mass is 286 g/mol. The van der Waals surface area contributed by atoms with E-state index in [1.165, 1.54) is 0 Å². The van der Waals surface area contributed by atoms with Crippen LogP contribution in [0, 0.1) is 12.3 Å². The SMILES string of the molecule is C#CCCCCNc1ncc(Cl)cc1Br. The van der Waals surface area contributed by atoms with Crippen LogP contribution in [0.5, 0.6) is 0 Å². The van der Waals surface area contributed by atoms with Gasteiger partial charge in [-0.05, 0) is 34.8 Å². The Hall–Kier alpha value is -0.720. The van der Waals surface area contributed by atoms with Gasteiger partial charge < -0.3 is 5.32 Å². The van der Waals surface area contributed by atoms with Gasteiger partial charge in [-0.1, -0.05) is 11.6 Å². The molecule has 0 atom stereocenters. The molecule has 0 radical (unpaired) electrons. The Labute approximate surface area is 104 Å². The minimum absolute atomic E-state index is 0.625. The second-order valence-corrected chi connectivity index (χ2v) is 4.36. The topological polar surface area (TPSA) is 24.9 Å². The normalized spacial score (nSPS) is 9.67. The van der Waals surface area contributed by atoms with Crippen molar-refractivity contribution in [3.8, 4) is 12.3 Å². The summed E-state index contributed by atoms with van der Waals surface area (Å²) in [4.78, 5) is 4.17. The molecule has 1 N–H and O–H groups in total. The first-order chi connectivity index (χ1) is 7.24. The Morgan fingerprint density at radius 2 is 2.33 bits per heavy atom. The molecule has 0 unspecified atom stereocenters. The van der Waals surface area contributed by atoms with Crippen molar-refractivity contribution in [2.75, 3.05) is 11.9 Å². The summed E-state index contributed by atoms with van der Waals surface area (Å²) in [6.45, 7) is 0.870. The molecule has 0 aliphatic carbocycles. The molecule has 0 spiro atoms. The fourth-order valence-electron chi connectivity index (χ4n) is 1.10. The Balaban J connectivity index is 2.35. The number of anilines is 1. The highest BCUT2D eigenvalue weighted by Gasteiger charge is 2.00. The maximum absolute atomic E-state index is 5.78. The molecule has 1 aromatic rings. The molecule has 1 aromatic heterocycles. The highest BCUT2D eigenvalue weighted by Crippen LogP contribution is 2.22. The second kappa shape index (κ2) is 6.71. The predicted molar refractivity (Wildman–Crippen MR) is 68.1 cm³/mol. The maximum Gasteiger partial charge on any atom is 0.140 e. The van der Waals surface area contributed by atoms with Gasteiger partial charge in [0, 0.05) is 19.2 Å². The number of unbranched alkanes of at least 4 members (excludes halogenated alkanes) is 2. The van der Waals surface area contributed by atoms with E-state index in [0.717, 1.165) is 36.1 Å². The number of halogens is 2. The first-order valence-corrected chi connectivity index (χ1v) is 5.89. The quantitative estimate of drug-likeness (QED) is 0.659. The van der Waals surface area contributed by atoms with Crippen molar-refractivity contribution >= 4 is 33.3 Å². The van der Waals surface area contributed by atoms with Crippen molar-refractivity contribution in [2.24, 2.45) is 0 Å². The minimum Gasteiger partial charge on any atom is -0.369 e. The first-order valence-electron chi connectivity index (χ1n) is 4.72. The Morgan fingerprint density at radius 3 is 3.00 bits per heavy atom. The van der Waals surface area contributed by atoms with E-state index in [0.29, 0.717) is 5.02 Å². The van der Waals surface area contributed by atoms with Gasteiger partial charge >= 0.3 is 0 Å². The largest absolute Gasteiger partial charge is 0.369 e. The van der Waals surface area contributed by atoms with E-state index >= 15 is 0 Å². The standard InChI is InChI=1S/C11H12BrClN2/c1-2-3-4-5-6-14-11-10(12)7-9(13)8-15-11/h1,7-8H,3-6H2,(H,14,15). The molecule has 15 heavy (non-hydrogen) atoms. The lowest BCUT2D eigenvalue weighted by Crippen LogP contribution is -2.03. The summed E-state index contributed by atoms with van der Waals surface area (Å²) in [6, 6.07) is 1.82. The number of hydrogen-bond acceptors (Lipinski definition) is 2. The summed E-state index contributed by atoms with van der Waals surface area (Å²) >= 11 is 9.17. The summed E-state index contributed by atoms with van der Waals surface area (Å²) in [7, 11) is 0. The van der Waals surface area contributed by atoms with Gasteiger partial charge in [0.25, 0.3) is 0 Å². The van der Waals surface area contributed by atoms with Gasteiger partial charge in [-0.2, -0.15) is 0 Å². The number of terminal acetylenes is 1. The zero-order chi connectivity index (χ0) is 11.1. The maximum atomic E-state index is 5.78. The fourth-order valence-corrected chi connectivity index (χ4v) is 1.88. The van der Waals surface area contributed by atoms with Gasteiger partial charge in [0.2, 0.25) is 0 Å². The third-order valence-electron chi connectivity index (χ3n) is 1.85. The fraction of sp³-hybridized carbons (Fsp3) is 0.364. The van der Waals surface area contributed by atoms with Crippen molar-refractivity contribution in [3.63, 3.8) is 0 Å². The van der Waals surface area contributed by atoms with E-state index in [4.69, 9.17) is 18.0 Å². The molecule has 0 aliphatic heterocycles. The molecule has 1 rings (SSSR count). The van der Waals surface area contributed by atoms with Crippen molar-refractivity contribution in [3.05, 3.63) is 21.8 Å². The third kappa shape index (κ3) is 4.55. The van der Waals surface area contributed by atoms with Crippen LogP contribution in [0.25, 0.3) is 0 Å². The van der Waals surface area contributed by atoms with Crippen LogP contribution in [0.1, 0.15) is 19.3 Å². The van der Waals surface area contributed by atoms with Crippen molar-refractivity contribution < 1.29 is 0 Å². The van der Waals surface area contributed by atoms with E-state index < -0.39 is 0 Å². The van der Waals surface area contributed by atoms with E-state index in [1.54, 1.807) is 6.20 Å². The average molecular weight is 288 g/mol. The molecule has 0 fully saturated rings. The lowest BCUT2D eigenvalue weighted by Gasteiger charge is -2.06. The molecule has 2 nitrogen and oxygen atoms in total. The number of rotatable bonds is 5. The zero-order valence-electron chi connectivity index (χ0n) is 8.26. The molecule has 80 valence electrons. The van der Waals surface area contributed by atoms with Crippen LogP contribution in [-0.4, -0.2) is 11.5 Å². The Kier molecular flexibility index (Phi) is 5.52. The second-order valence-electron chi connectivity index (χ2n) is 3.07. The van der Waals surface area contributed by atoms with Gasteiger partial charge in [-0.25, -0.2) is 4.98 Å². The number of nitrogens with zero attached hydrogens (tertiary/aromatic N) is 1. The summed E-state index contributed by atoms with van der Waals surface area (Å²) in [5, 5.41) is 3.84. The molecule has 0 saturated carbocycles. The van der Waals surface area contributed by atoms with Gasteiger partial charge in [0.15, 0.2) is 0 Å². The van der Waals surface area contributed by atoms with Gasteiger partial charge in [-0.15, -0.1) is 12.3 Å². The summed E-state index contributed by atoms with van der Waals surface area (Å²) in [6.07, 6.45) is 9.69. The van der Waals surface area contributed by atoms with Crippen LogP contribution in [0.2, 0.25) is 5.02 Å². The highest BCUT2D eigenvalue weighted by atomic mass is 79.9. The van der Waals surface area contributed by atoms with Crippen LogP contribution >= 0.6 is 27.5 Å². The molecule has 4 heteroatoms. The average Bonchev–Trinajstić information content (AvgIpc) is 2.20. The summed E-state index contributed by atoms with van der Waals surface area (Å²) in [5.41, 5.74) is 0. The minimum atomic E-state index is 0.625. The van der Waals surface area contributed by atoms with Crippen LogP contribution in [0.3, 0.4) is 0 Å². The van der Waals surface area contributed by atoms with Crippen molar-refractivity contribution in [1.29, 1.82) is 0 Å². The van der Waals surface area contributed by atoms with Gasteiger partial charge in [-0.3, -0.25) is 0 Å². The third-order valence-corrected chi connectivity index (χ3v) is 2.66. The summed E-state index contributed by atoms with van der Waals surface area (Å²) < 4.78 is 0.881. The zero-order valence-corrected chi connectivity index (χ0v) is 10.6. The van der Waals surface area contributed by atoms with Gasteiger partial charge in [0.1, 0.15) is 5.82 Å². The Bertz CT molecular complexity index is 360. The number of pyridine rings is 1. The molecular formula is C11H12BrClN2. The molecular weight excluding hydrogens is 275 g/mol. The van der Waals surface area contributed by atoms with Crippen molar-refractivity contribution in [2.45, 2.75) is 19.3 Å². The molecule has 0 aliphatic rings. The van der Waals surface area contributed by atoms with Crippen LogP contribution in [0.15, 0.2) is 16.7 Å². The number of hydrogen-bond donors (Lipinski definition) is 1. The molecule has 0 amide bonds. The van der Waals surface area contributed by atoms with E-state index in [2.05, 4.69) is 32.2 Å². The van der Waals surface area contributed by atoms with Crippen molar-refractivity contribution in [1.82, 2.24) is 4.98 Å². The molecule has 0 saturated heterocycles. The first kappa shape index (κ1) is 12.4. The van der Waals surface area contributed by atoms with E-state index in [1.807, 2.05) is 6.07 Å². The van der Waals surface area contributed by atoms with Gasteiger partial charge in [0.05, 0.1) is 9.50 Å². The number of aromatic nitrogens is 1. The van der Waals surface area contributed by atoms with E-state index in [-0.39, 0.29) is 0 Å². The lowest BCUT2D eigenvalue weighted by molar-refractivity contribution is 0.787. The van der Waals surface area contributed by atoms with Crippen LogP contribution < -0.4 is 5.32 Å². The smallest absolute Gasteiger partial charge is 0.140 e. The lowest BCUT2D eigenvalue weighted by atomic mass is 10.2. The number of nitrogens with one attached hydrogen (secondary N) is 1. The molecule has 0 bridgehead atoms. The predicted octanol–water partition coefficient (Wildman–Crippen LogP) is 3.71. The summed E-state index contributed by atoms with van der Waals surface area (Å²) in [5.74, 6) is 3.43.